The predicted molar refractivity (Wildman–Crippen MR) is 127 cm³/mol. The molecule has 7 nitrogen and oxygen atoms in total. The number of ether oxygens (including phenoxy) is 1. The van der Waals surface area contributed by atoms with Crippen LogP contribution in [0.1, 0.15) is 47.2 Å². The largest absolute Gasteiger partial charge is 0.377 e. The van der Waals surface area contributed by atoms with E-state index >= 15 is 0 Å². The highest BCUT2D eigenvalue weighted by Gasteiger charge is 2.22. The van der Waals surface area contributed by atoms with Gasteiger partial charge in [0.1, 0.15) is 12.4 Å². The number of nitrogens with one attached hydrogen (secondary N) is 2. The fourth-order valence-corrected chi connectivity index (χ4v) is 3.80. The first-order chi connectivity index (χ1) is 13.5. The molecule has 0 aliphatic carbocycles. The number of aromatic nitrogens is 3. The van der Waals surface area contributed by atoms with E-state index < -0.39 is 0 Å². The third kappa shape index (κ3) is 6.15. The summed E-state index contributed by atoms with van der Waals surface area (Å²) in [4.78, 5) is 9.40. The van der Waals surface area contributed by atoms with Gasteiger partial charge in [-0.1, -0.05) is 17.7 Å². The molecule has 2 aromatic rings. The maximum absolute atomic E-state index is 5.15. The topological polar surface area (TPSA) is 76.4 Å². The number of methoxy groups -OCH3 is 1. The maximum Gasteiger partial charge on any atom is 0.191 e. The minimum absolute atomic E-state index is 0. The van der Waals surface area contributed by atoms with Crippen molar-refractivity contribution in [3.05, 3.63) is 46.0 Å². The molecule has 1 unspecified atom stereocenters. The van der Waals surface area contributed by atoms with E-state index in [1.807, 2.05) is 4.68 Å². The zero-order chi connectivity index (χ0) is 20.1. The van der Waals surface area contributed by atoms with E-state index in [1.165, 1.54) is 22.3 Å². The predicted octanol–water partition coefficient (Wildman–Crippen LogP) is 3.04. The first-order valence-electron chi connectivity index (χ1n) is 10.0. The third-order valence-electron chi connectivity index (χ3n) is 5.10. The second-order valence-corrected chi connectivity index (χ2v) is 7.51. The molecule has 8 heteroatoms. The van der Waals surface area contributed by atoms with Gasteiger partial charge in [-0.15, -0.1) is 24.0 Å². The van der Waals surface area contributed by atoms with Crippen LogP contribution in [0.4, 0.5) is 0 Å². The molecule has 0 bridgehead atoms. The number of guanidine groups is 1. The molecular formula is C21H33IN6O. The zero-order valence-corrected chi connectivity index (χ0v) is 20.4. The molecule has 29 heavy (non-hydrogen) atoms. The lowest BCUT2D eigenvalue weighted by molar-refractivity contribution is 0.177. The number of rotatable bonds is 6. The first kappa shape index (κ1) is 23.6. The summed E-state index contributed by atoms with van der Waals surface area (Å²) in [6, 6.07) is 4.73. The quantitative estimate of drug-likeness (QED) is 0.354. The van der Waals surface area contributed by atoms with E-state index in [2.05, 4.69) is 60.5 Å². The van der Waals surface area contributed by atoms with Gasteiger partial charge in [0.25, 0.3) is 0 Å². The van der Waals surface area contributed by atoms with Gasteiger partial charge in [0.05, 0.1) is 13.1 Å². The number of nitrogens with zero attached hydrogens (tertiary/aromatic N) is 4. The van der Waals surface area contributed by atoms with Crippen LogP contribution in [0.2, 0.25) is 0 Å². The molecule has 0 amide bonds. The Morgan fingerprint density at radius 2 is 2.00 bits per heavy atom. The summed E-state index contributed by atoms with van der Waals surface area (Å²) in [5.74, 6) is 2.65. The fourth-order valence-electron chi connectivity index (χ4n) is 3.80. The SMILES string of the molecule is CCNC(=NCc1c(C)cc(C)cc1C)NC1CCc2nc(COC)nn2C1.I. The molecule has 160 valence electrons. The average molecular weight is 512 g/mol. The van der Waals surface area contributed by atoms with Crippen molar-refractivity contribution in [1.82, 2.24) is 25.4 Å². The lowest BCUT2D eigenvalue weighted by Crippen LogP contribution is -2.47. The Morgan fingerprint density at radius 3 is 2.66 bits per heavy atom. The Hall–Kier alpha value is -1.68. The molecule has 1 aliphatic rings. The summed E-state index contributed by atoms with van der Waals surface area (Å²) in [6.07, 6.45) is 1.92. The van der Waals surface area contributed by atoms with Crippen molar-refractivity contribution in [2.45, 2.75) is 66.3 Å². The van der Waals surface area contributed by atoms with Crippen LogP contribution in [0.3, 0.4) is 0 Å². The summed E-state index contributed by atoms with van der Waals surface area (Å²) in [5.41, 5.74) is 5.20. The van der Waals surface area contributed by atoms with Crippen LogP contribution >= 0.6 is 24.0 Å². The molecule has 0 radical (unpaired) electrons. The zero-order valence-electron chi connectivity index (χ0n) is 18.1. The van der Waals surface area contributed by atoms with Crippen molar-refractivity contribution in [3.63, 3.8) is 0 Å². The van der Waals surface area contributed by atoms with Crippen LogP contribution < -0.4 is 10.6 Å². The molecule has 0 saturated carbocycles. The summed E-state index contributed by atoms with van der Waals surface area (Å²) >= 11 is 0. The fraction of sp³-hybridized carbons (Fsp3) is 0.571. The molecule has 1 aromatic carbocycles. The number of hydrogen-bond acceptors (Lipinski definition) is 4. The van der Waals surface area contributed by atoms with Gasteiger partial charge in [-0.3, -0.25) is 0 Å². The highest BCUT2D eigenvalue weighted by molar-refractivity contribution is 14.0. The molecular weight excluding hydrogens is 479 g/mol. The van der Waals surface area contributed by atoms with Gasteiger partial charge in [-0.2, -0.15) is 5.10 Å². The number of aryl methyl sites for hydroxylation is 4. The number of benzene rings is 1. The van der Waals surface area contributed by atoms with E-state index in [9.17, 15) is 0 Å². The van der Waals surface area contributed by atoms with Crippen molar-refractivity contribution in [2.75, 3.05) is 13.7 Å². The van der Waals surface area contributed by atoms with Crippen molar-refractivity contribution in [1.29, 1.82) is 0 Å². The second kappa shape index (κ2) is 10.9. The molecule has 1 aromatic heterocycles. The Bertz CT molecular complexity index is 825. The lowest BCUT2D eigenvalue weighted by Gasteiger charge is -2.25. The Balaban J connectivity index is 0.00000300. The summed E-state index contributed by atoms with van der Waals surface area (Å²) < 4.78 is 7.14. The van der Waals surface area contributed by atoms with Gasteiger partial charge in [0.15, 0.2) is 11.8 Å². The molecule has 2 heterocycles. The normalized spacial score (nSPS) is 16.2. The van der Waals surface area contributed by atoms with Crippen LogP contribution in [-0.2, 0) is 30.9 Å². The third-order valence-corrected chi connectivity index (χ3v) is 5.10. The minimum Gasteiger partial charge on any atom is -0.377 e. The van der Waals surface area contributed by atoms with E-state index in [0.717, 1.165) is 43.5 Å². The molecule has 2 N–H and O–H groups in total. The lowest BCUT2D eigenvalue weighted by atomic mass is 10.00. The summed E-state index contributed by atoms with van der Waals surface area (Å²) in [5, 5.41) is 11.5. The number of hydrogen-bond donors (Lipinski definition) is 2. The van der Waals surface area contributed by atoms with Gasteiger partial charge in [-0.25, -0.2) is 14.7 Å². The van der Waals surface area contributed by atoms with Crippen molar-refractivity contribution in [2.24, 2.45) is 4.99 Å². The van der Waals surface area contributed by atoms with Gasteiger partial charge < -0.3 is 15.4 Å². The first-order valence-corrected chi connectivity index (χ1v) is 10.0. The van der Waals surface area contributed by atoms with E-state index in [1.54, 1.807) is 7.11 Å². The van der Waals surface area contributed by atoms with E-state index in [0.29, 0.717) is 13.2 Å². The Labute approximate surface area is 190 Å². The molecule has 0 saturated heterocycles. The second-order valence-electron chi connectivity index (χ2n) is 7.51. The molecule has 1 aliphatic heterocycles. The van der Waals surface area contributed by atoms with Crippen LogP contribution in [0.15, 0.2) is 17.1 Å². The van der Waals surface area contributed by atoms with Crippen LogP contribution in [0.5, 0.6) is 0 Å². The van der Waals surface area contributed by atoms with E-state index in [-0.39, 0.29) is 30.0 Å². The Morgan fingerprint density at radius 1 is 1.28 bits per heavy atom. The smallest absolute Gasteiger partial charge is 0.191 e. The molecule has 3 rings (SSSR count). The monoisotopic (exact) mass is 512 g/mol. The average Bonchev–Trinajstić information content (AvgIpc) is 3.03. The van der Waals surface area contributed by atoms with Crippen LogP contribution in [-0.4, -0.2) is 40.4 Å². The summed E-state index contributed by atoms with van der Waals surface area (Å²) in [6.45, 7) is 11.3. The minimum atomic E-state index is 0. The highest BCUT2D eigenvalue weighted by Crippen LogP contribution is 2.17. The highest BCUT2D eigenvalue weighted by atomic mass is 127. The molecule has 1 atom stereocenters. The van der Waals surface area contributed by atoms with Gasteiger partial charge in [-0.05, 0) is 50.8 Å². The van der Waals surface area contributed by atoms with Crippen molar-refractivity contribution in [3.8, 4) is 0 Å². The number of halogens is 1. The molecule has 0 spiro atoms. The standard InChI is InChI=1S/C21H32N6O.HI/c1-6-22-21(23-11-18-15(3)9-14(2)10-16(18)4)24-17-7-8-20-25-19(13-28-5)26-27(20)12-17;/h9-10,17H,6-8,11-13H2,1-5H3,(H2,22,23,24);1H. The van der Waals surface area contributed by atoms with Gasteiger partial charge in [0.2, 0.25) is 0 Å². The van der Waals surface area contributed by atoms with E-state index in [4.69, 9.17) is 9.73 Å². The Kier molecular flexibility index (Phi) is 8.88. The van der Waals surface area contributed by atoms with Crippen molar-refractivity contribution >= 4 is 29.9 Å². The summed E-state index contributed by atoms with van der Waals surface area (Å²) in [7, 11) is 1.67. The van der Waals surface area contributed by atoms with Crippen LogP contribution in [0.25, 0.3) is 0 Å². The number of aliphatic imine (C=N–C) groups is 1. The van der Waals surface area contributed by atoms with Gasteiger partial charge >= 0.3 is 0 Å². The van der Waals surface area contributed by atoms with Crippen LogP contribution in [0, 0.1) is 20.8 Å². The van der Waals surface area contributed by atoms with Gasteiger partial charge in [0, 0.05) is 26.1 Å². The van der Waals surface area contributed by atoms with Crippen molar-refractivity contribution < 1.29 is 4.74 Å². The molecule has 0 fully saturated rings. The number of fused-ring (bicyclic) bond motifs is 1. The maximum atomic E-state index is 5.15.